The molecule has 0 radical (unpaired) electrons. The normalized spacial score (nSPS) is 15.1. The lowest BCUT2D eigenvalue weighted by atomic mass is 10.4. The van der Waals surface area contributed by atoms with Crippen molar-refractivity contribution < 1.29 is 9.23 Å². The summed E-state index contributed by atoms with van der Waals surface area (Å²) in [7, 11) is 3.88. The van der Waals surface area contributed by atoms with Gasteiger partial charge >= 0.3 is 5.77 Å². The van der Waals surface area contributed by atoms with E-state index in [1.807, 2.05) is 31.1 Å². The minimum absolute atomic E-state index is 1.04. The van der Waals surface area contributed by atoms with Crippen LogP contribution >= 0.6 is 17.0 Å². The molecule has 0 amide bonds. The molecule has 1 rings (SSSR count). The highest BCUT2D eigenvalue weighted by atomic mass is 35.7. The molecule has 0 aromatic carbocycles. The first-order valence-electron chi connectivity index (χ1n) is 3.63. The van der Waals surface area contributed by atoms with Gasteiger partial charge in [0.15, 0.2) is 12.4 Å². The van der Waals surface area contributed by atoms with Gasteiger partial charge < -0.3 is 9.79 Å². The Morgan fingerprint density at radius 1 is 1.46 bits per heavy atom. The van der Waals surface area contributed by atoms with Gasteiger partial charge in [0.25, 0.3) is 0 Å². The fraction of sp³-hybridized carbons (Fsp3) is 0.286. The molecule has 0 saturated carbocycles. The van der Waals surface area contributed by atoms with Gasteiger partial charge in [0.2, 0.25) is 0 Å². The van der Waals surface area contributed by atoms with Gasteiger partial charge in [-0.05, 0) is 0 Å². The average molecular weight is 238 g/mol. The highest BCUT2D eigenvalue weighted by Gasteiger charge is 2.20. The van der Waals surface area contributed by atoms with E-state index < -0.39 is 5.77 Å². The standard InChI is InChI=1S/C7H10ClN2OPS/c1-9(2)7-3-5-10(6-4-7)12(8,11)13/h3-6H,1-2H3/p+1. The molecule has 0 aliphatic heterocycles. The predicted molar refractivity (Wildman–Crippen MR) is 58.7 cm³/mol. The molecular formula is C7H11ClN2OPS+. The molecule has 6 heteroatoms. The first kappa shape index (κ1) is 10.9. The maximum atomic E-state index is 9.36. The zero-order chi connectivity index (χ0) is 10.1. The van der Waals surface area contributed by atoms with Crippen molar-refractivity contribution in [2.45, 2.75) is 0 Å². The second-order valence-electron chi connectivity index (χ2n) is 2.80. The van der Waals surface area contributed by atoms with Crippen molar-refractivity contribution >= 4 is 34.5 Å². The van der Waals surface area contributed by atoms with Crippen molar-refractivity contribution in [3.63, 3.8) is 0 Å². The van der Waals surface area contributed by atoms with Crippen molar-refractivity contribution in [3.05, 3.63) is 24.5 Å². The van der Waals surface area contributed by atoms with E-state index in [0.717, 1.165) is 5.69 Å². The number of anilines is 1. The van der Waals surface area contributed by atoms with Gasteiger partial charge in [0.1, 0.15) is 0 Å². The van der Waals surface area contributed by atoms with E-state index in [1.54, 1.807) is 12.4 Å². The molecule has 0 aliphatic rings. The Bertz CT molecular complexity index is 335. The van der Waals surface area contributed by atoms with Gasteiger partial charge in [-0.15, -0.1) is 0 Å². The van der Waals surface area contributed by atoms with Crippen LogP contribution in [0.25, 0.3) is 0 Å². The molecule has 1 aromatic rings. The third kappa shape index (κ3) is 2.92. The van der Waals surface area contributed by atoms with Crippen LogP contribution < -0.4 is 9.24 Å². The lowest BCUT2D eigenvalue weighted by Gasteiger charge is -2.10. The Morgan fingerprint density at radius 3 is 2.23 bits per heavy atom. The SMILES string of the molecule is CN(C)c1cc[n+](P(O)(=S)Cl)cc1. The van der Waals surface area contributed by atoms with Crippen molar-refractivity contribution in [2.24, 2.45) is 0 Å². The number of aromatic nitrogens is 1. The molecule has 0 spiro atoms. The Balaban J connectivity index is 3.01. The largest absolute Gasteiger partial charge is 0.412 e. The molecule has 72 valence electrons. The number of halogens is 1. The topological polar surface area (TPSA) is 27.4 Å². The number of rotatable bonds is 2. The van der Waals surface area contributed by atoms with Crippen LogP contribution in [-0.2, 0) is 11.8 Å². The number of hydrogen-bond acceptors (Lipinski definition) is 2. The summed E-state index contributed by atoms with van der Waals surface area (Å²) in [5.74, 6) is -2.86. The van der Waals surface area contributed by atoms with E-state index in [9.17, 15) is 4.89 Å². The molecule has 13 heavy (non-hydrogen) atoms. The molecule has 1 aromatic heterocycles. The van der Waals surface area contributed by atoms with E-state index in [2.05, 4.69) is 0 Å². The van der Waals surface area contributed by atoms with Crippen LogP contribution in [0.5, 0.6) is 0 Å². The Kier molecular flexibility index (Phi) is 3.30. The minimum Gasteiger partial charge on any atom is -0.377 e. The molecular weight excluding hydrogens is 227 g/mol. The molecule has 0 fully saturated rings. The highest BCUT2D eigenvalue weighted by Crippen LogP contribution is 2.40. The summed E-state index contributed by atoms with van der Waals surface area (Å²) in [6.45, 7) is 0. The van der Waals surface area contributed by atoms with Gasteiger partial charge in [-0.3, -0.25) is 0 Å². The summed E-state index contributed by atoms with van der Waals surface area (Å²) in [6, 6.07) is 3.69. The molecule has 3 nitrogen and oxygen atoms in total. The molecule has 1 heterocycles. The van der Waals surface area contributed by atoms with Gasteiger partial charge in [-0.1, -0.05) is 0 Å². The Morgan fingerprint density at radius 2 is 1.92 bits per heavy atom. The fourth-order valence-corrected chi connectivity index (χ4v) is 1.96. The van der Waals surface area contributed by atoms with Gasteiger partial charge in [0, 0.05) is 55.0 Å². The summed E-state index contributed by atoms with van der Waals surface area (Å²) < 4.78 is 1.46. The highest BCUT2D eigenvalue weighted by molar-refractivity contribution is 8.20. The third-order valence-corrected chi connectivity index (χ3v) is 3.52. The zero-order valence-corrected chi connectivity index (χ0v) is 9.85. The van der Waals surface area contributed by atoms with E-state index in [4.69, 9.17) is 23.0 Å². The average Bonchev–Trinajstić information content (AvgIpc) is 2.03. The quantitative estimate of drug-likeness (QED) is 0.787. The van der Waals surface area contributed by atoms with Crippen molar-refractivity contribution in [2.75, 3.05) is 19.0 Å². The smallest absolute Gasteiger partial charge is 0.377 e. The maximum absolute atomic E-state index is 9.36. The monoisotopic (exact) mass is 237 g/mol. The lowest BCUT2D eigenvalue weighted by molar-refractivity contribution is -0.516. The molecule has 1 unspecified atom stereocenters. The van der Waals surface area contributed by atoms with Crippen molar-refractivity contribution in [1.29, 1.82) is 0 Å². The fourth-order valence-electron chi connectivity index (χ4n) is 0.873. The first-order valence-corrected chi connectivity index (χ1v) is 7.24. The number of hydrogen-bond donors (Lipinski definition) is 1. The predicted octanol–water partition coefficient (Wildman–Crippen LogP) is 1.34. The summed E-state index contributed by atoms with van der Waals surface area (Å²) in [4.78, 5) is 11.3. The van der Waals surface area contributed by atoms with Gasteiger partial charge in [-0.2, -0.15) is 4.34 Å². The van der Waals surface area contributed by atoms with Crippen LogP contribution in [0.4, 0.5) is 5.69 Å². The molecule has 0 aliphatic carbocycles. The first-order chi connectivity index (χ1) is 5.91. The van der Waals surface area contributed by atoms with Crippen LogP contribution in [0.3, 0.4) is 0 Å². The van der Waals surface area contributed by atoms with Gasteiger partial charge in [-0.25, -0.2) is 0 Å². The minimum atomic E-state index is -2.86. The van der Waals surface area contributed by atoms with E-state index in [-0.39, 0.29) is 0 Å². The summed E-state index contributed by atoms with van der Waals surface area (Å²) >= 11 is 10.4. The van der Waals surface area contributed by atoms with Crippen LogP contribution in [0.1, 0.15) is 0 Å². The second kappa shape index (κ2) is 3.93. The van der Waals surface area contributed by atoms with Crippen LogP contribution in [0.15, 0.2) is 24.5 Å². The van der Waals surface area contributed by atoms with E-state index in [0.29, 0.717) is 0 Å². The molecule has 1 N–H and O–H groups in total. The number of pyridine rings is 1. The van der Waals surface area contributed by atoms with Crippen molar-refractivity contribution in [3.8, 4) is 0 Å². The maximum Gasteiger partial charge on any atom is 0.412 e. The third-order valence-electron chi connectivity index (χ3n) is 1.60. The molecule has 0 saturated heterocycles. The van der Waals surface area contributed by atoms with Crippen LogP contribution in [0, 0.1) is 0 Å². The van der Waals surface area contributed by atoms with Crippen LogP contribution in [0.2, 0.25) is 0 Å². The van der Waals surface area contributed by atoms with Crippen molar-refractivity contribution in [1.82, 2.24) is 0 Å². The van der Waals surface area contributed by atoms with Gasteiger partial charge in [0.05, 0.1) is 0 Å². The lowest BCUT2D eigenvalue weighted by Crippen LogP contribution is -2.27. The van der Waals surface area contributed by atoms with E-state index in [1.165, 1.54) is 4.34 Å². The zero-order valence-electron chi connectivity index (χ0n) is 7.38. The Hall–Kier alpha value is -0.150. The molecule has 1 atom stereocenters. The number of nitrogens with zero attached hydrogens (tertiary/aromatic N) is 2. The van der Waals surface area contributed by atoms with E-state index >= 15 is 0 Å². The second-order valence-corrected chi connectivity index (χ2v) is 7.75. The summed E-state index contributed by atoms with van der Waals surface area (Å²) in [5, 5.41) is 0. The summed E-state index contributed by atoms with van der Waals surface area (Å²) in [5.41, 5.74) is 1.04. The summed E-state index contributed by atoms with van der Waals surface area (Å²) in [6.07, 6.45) is 3.37. The molecule has 0 bridgehead atoms. The Labute approximate surface area is 87.5 Å². The van der Waals surface area contributed by atoms with Crippen LogP contribution in [-0.4, -0.2) is 19.0 Å².